The van der Waals surface area contributed by atoms with Gasteiger partial charge >= 0.3 is 6.18 Å². The van der Waals surface area contributed by atoms with Gasteiger partial charge in [0.15, 0.2) is 5.78 Å². The quantitative estimate of drug-likeness (QED) is 0.782. The molecule has 114 valence electrons. The van der Waals surface area contributed by atoms with E-state index in [1.54, 1.807) is 0 Å². The van der Waals surface area contributed by atoms with Crippen LogP contribution in [0.3, 0.4) is 0 Å². The van der Waals surface area contributed by atoms with Crippen LogP contribution in [0.2, 0.25) is 0 Å². The SMILES string of the molecule is CC(=O)c1ccc(C(=O)N(CC2CC2)CC(F)(F)F)cc1. The highest BCUT2D eigenvalue weighted by Crippen LogP contribution is 2.31. The molecule has 0 aliphatic heterocycles. The van der Waals surface area contributed by atoms with Gasteiger partial charge in [0.2, 0.25) is 0 Å². The predicted molar refractivity (Wildman–Crippen MR) is 71.1 cm³/mol. The fraction of sp³-hybridized carbons (Fsp3) is 0.467. The maximum atomic E-state index is 12.6. The fourth-order valence-electron chi connectivity index (χ4n) is 2.08. The Bertz CT molecular complexity index is 533. The van der Waals surface area contributed by atoms with Crippen molar-refractivity contribution in [2.45, 2.75) is 25.9 Å². The van der Waals surface area contributed by atoms with E-state index in [0.29, 0.717) is 5.56 Å². The Morgan fingerprint density at radius 3 is 2.10 bits per heavy atom. The van der Waals surface area contributed by atoms with Crippen molar-refractivity contribution >= 4 is 11.7 Å². The largest absolute Gasteiger partial charge is 0.406 e. The number of carbonyl (C=O) groups is 2. The molecule has 3 nitrogen and oxygen atoms in total. The number of nitrogens with zero attached hydrogens (tertiary/aromatic N) is 1. The minimum atomic E-state index is -4.41. The van der Waals surface area contributed by atoms with Crippen molar-refractivity contribution < 1.29 is 22.8 Å². The van der Waals surface area contributed by atoms with Gasteiger partial charge in [-0.05, 0) is 37.8 Å². The molecule has 1 amide bonds. The molecule has 0 saturated heterocycles. The Balaban J connectivity index is 2.14. The Morgan fingerprint density at radius 1 is 1.14 bits per heavy atom. The van der Waals surface area contributed by atoms with Gasteiger partial charge in [0.1, 0.15) is 6.54 Å². The lowest BCUT2D eigenvalue weighted by atomic mass is 10.1. The maximum absolute atomic E-state index is 12.6. The standard InChI is InChI=1S/C15H16F3NO2/c1-10(20)12-4-6-13(7-5-12)14(21)19(8-11-2-3-11)9-15(16,17)18/h4-7,11H,2-3,8-9H2,1H3. The third-order valence-corrected chi connectivity index (χ3v) is 3.37. The molecule has 1 aromatic rings. The lowest BCUT2D eigenvalue weighted by molar-refractivity contribution is -0.141. The van der Waals surface area contributed by atoms with Crippen LogP contribution in [0.1, 0.15) is 40.5 Å². The van der Waals surface area contributed by atoms with Gasteiger partial charge in [0, 0.05) is 17.7 Å². The maximum Gasteiger partial charge on any atom is 0.406 e. The Morgan fingerprint density at radius 2 is 1.67 bits per heavy atom. The van der Waals surface area contributed by atoms with Gasteiger partial charge in [-0.1, -0.05) is 12.1 Å². The molecule has 0 heterocycles. The smallest absolute Gasteiger partial charge is 0.329 e. The lowest BCUT2D eigenvalue weighted by Gasteiger charge is -2.24. The fourth-order valence-corrected chi connectivity index (χ4v) is 2.08. The van der Waals surface area contributed by atoms with Crippen LogP contribution in [0.15, 0.2) is 24.3 Å². The first kappa shape index (κ1) is 15.5. The highest BCUT2D eigenvalue weighted by Gasteiger charge is 2.36. The Kier molecular flexibility index (Phi) is 4.34. The van der Waals surface area contributed by atoms with Crippen LogP contribution in [0.5, 0.6) is 0 Å². The summed E-state index contributed by atoms with van der Waals surface area (Å²) in [6.07, 6.45) is -2.68. The number of rotatable bonds is 5. The van der Waals surface area contributed by atoms with Gasteiger partial charge in [0.25, 0.3) is 5.91 Å². The number of carbonyl (C=O) groups excluding carboxylic acids is 2. The second-order valence-electron chi connectivity index (χ2n) is 5.38. The van der Waals surface area contributed by atoms with Crippen molar-refractivity contribution in [1.82, 2.24) is 4.90 Å². The van der Waals surface area contributed by atoms with Crippen molar-refractivity contribution in [1.29, 1.82) is 0 Å². The summed E-state index contributed by atoms with van der Waals surface area (Å²) in [7, 11) is 0. The molecule has 0 radical (unpaired) electrons. The van der Waals surface area contributed by atoms with E-state index in [0.717, 1.165) is 17.7 Å². The number of alkyl halides is 3. The molecule has 0 N–H and O–H groups in total. The van der Waals surface area contributed by atoms with Crippen LogP contribution >= 0.6 is 0 Å². The molecule has 1 aromatic carbocycles. The van der Waals surface area contributed by atoms with E-state index in [1.807, 2.05) is 0 Å². The average Bonchev–Trinajstić information content (AvgIpc) is 3.19. The van der Waals surface area contributed by atoms with Gasteiger partial charge in [-0.25, -0.2) is 0 Å². The van der Waals surface area contributed by atoms with E-state index in [2.05, 4.69) is 0 Å². The summed E-state index contributed by atoms with van der Waals surface area (Å²) in [6, 6.07) is 5.71. The first-order chi connectivity index (χ1) is 9.76. The Hall–Kier alpha value is -1.85. The van der Waals surface area contributed by atoms with Crippen LogP contribution in [-0.4, -0.2) is 35.9 Å². The molecular formula is C15H16F3NO2. The molecule has 1 aliphatic rings. The number of Topliss-reactive ketones (excluding diaryl/α,β-unsaturated/α-hetero) is 1. The van der Waals surface area contributed by atoms with E-state index in [1.165, 1.54) is 31.2 Å². The topological polar surface area (TPSA) is 37.4 Å². The van der Waals surface area contributed by atoms with Crippen LogP contribution in [0.4, 0.5) is 13.2 Å². The molecule has 0 unspecified atom stereocenters. The van der Waals surface area contributed by atoms with E-state index < -0.39 is 18.6 Å². The van der Waals surface area contributed by atoms with Gasteiger partial charge in [-0.3, -0.25) is 9.59 Å². The summed E-state index contributed by atoms with van der Waals surface area (Å²) in [5, 5.41) is 0. The minimum Gasteiger partial charge on any atom is -0.329 e. The van der Waals surface area contributed by atoms with Crippen LogP contribution in [0.25, 0.3) is 0 Å². The normalized spacial score (nSPS) is 14.9. The molecule has 0 aromatic heterocycles. The lowest BCUT2D eigenvalue weighted by Crippen LogP contribution is -2.40. The highest BCUT2D eigenvalue weighted by atomic mass is 19.4. The highest BCUT2D eigenvalue weighted by molar-refractivity contribution is 5.97. The zero-order valence-corrected chi connectivity index (χ0v) is 11.6. The van der Waals surface area contributed by atoms with E-state index >= 15 is 0 Å². The second-order valence-corrected chi connectivity index (χ2v) is 5.38. The number of halogens is 3. The first-order valence-electron chi connectivity index (χ1n) is 6.73. The molecule has 0 bridgehead atoms. The molecule has 21 heavy (non-hydrogen) atoms. The van der Waals surface area contributed by atoms with Crippen LogP contribution < -0.4 is 0 Å². The average molecular weight is 299 g/mol. The van der Waals surface area contributed by atoms with Gasteiger partial charge in [-0.15, -0.1) is 0 Å². The van der Waals surface area contributed by atoms with Crippen molar-refractivity contribution in [2.24, 2.45) is 5.92 Å². The Labute approximate surface area is 120 Å². The third-order valence-electron chi connectivity index (χ3n) is 3.37. The van der Waals surface area contributed by atoms with Crippen LogP contribution in [-0.2, 0) is 0 Å². The van der Waals surface area contributed by atoms with Gasteiger partial charge in [0.05, 0.1) is 0 Å². The van der Waals surface area contributed by atoms with E-state index in [4.69, 9.17) is 0 Å². The van der Waals surface area contributed by atoms with Crippen molar-refractivity contribution in [3.8, 4) is 0 Å². The van der Waals surface area contributed by atoms with Gasteiger partial charge < -0.3 is 4.90 Å². The van der Waals surface area contributed by atoms with Gasteiger partial charge in [-0.2, -0.15) is 13.2 Å². The molecule has 2 rings (SSSR count). The molecule has 0 atom stereocenters. The number of hydrogen-bond acceptors (Lipinski definition) is 2. The summed E-state index contributed by atoms with van der Waals surface area (Å²) in [4.78, 5) is 24.2. The third kappa shape index (κ3) is 4.58. The molecule has 1 saturated carbocycles. The van der Waals surface area contributed by atoms with Crippen molar-refractivity contribution in [2.75, 3.05) is 13.1 Å². The summed E-state index contributed by atoms with van der Waals surface area (Å²) in [6.45, 7) is 0.281. The number of amides is 1. The monoisotopic (exact) mass is 299 g/mol. The second kappa shape index (κ2) is 5.87. The molecule has 1 fully saturated rings. The van der Waals surface area contributed by atoms with Crippen molar-refractivity contribution in [3.63, 3.8) is 0 Å². The number of benzene rings is 1. The zero-order chi connectivity index (χ0) is 15.6. The van der Waals surface area contributed by atoms with Crippen molar-refractivity contribution in [3.05, 3.63) is 35.4 Å². The molecule has 1 aliphatic carbocycles. The predicted octanol–water partition coefficient (Wildman–Crippen LogP) is 3.30. The zero-order valence-electron chi connectivity index (χ0n) is 11.6. The molecular weight excluding hydrogens is 283 g/mol. The number of hydrogen-bond donors (Lipinski definition) is 0. The summed E-state index contributed by atoms with van der Waals surface area (Å²) in [5.41, 5.74) is 0.598. The molecule has 0 spiro atoms. The minimum absolute atomic E-state index is 0.132. The van der Waals surface area contributed by atoms with Crippen LogP contribution in [0, 0.1) is 5.92 Å². The summed E-state index contributed by atoms with van der Waals surface area (Å²) >= 11 is 0. The summed E-state index contributed by atoms with van der Waals surface area (Å²) < 4.78 is 37.8. The number of ketones is 1. The summed E-state index contributed by atoms with van der Waals surface area (Å²) in [5.74, 6) is -0.624. The molecule has 6 heteroatoms. The first-order valence-corrected chi connectivity index (χ1v) is 6.73. The van der Waals surface area contributed by atoms with E-state index in [-0.39, 0.29) is 23.8 Å². The van der Waals surface area contributed by atoms with E-state index in [9.17, 15) is 22.8 Å².